The molecule has 0 aliphatic rings. The largest absolute Gasteiger partial charge is 0.449 e. The molecule has 2 N–H and O–H groups in total. The van der Waals surface area contributed by atoms with Gasteiger partial charge in [0.05, 0.1) is 0 Å². The molecule has 13 heavy (non-hydrogen) atoms. The van der Waals surface area contributed by atoms with E-state index in [0.717, 1.165) is 5.76 Å². The highest BCUT2D eigenvalue weighted by atomic mass is 35.5. The molecule has 74 valence electrons. The third kappa shape index (κ3) is 2.48. The molecule has 0 spiro atoms. The van der Waals surface area contributed by atoms with Crippen molar-refractivity contribution in [2.75, 3.05) is 6.54 Å². The molecule has 0 fully saturated rings. The second-order valence-corrected chi connectivity index (χ2v) is 4.67. The van der Waals surface area contributed by atoms with E-state index >= 15 is 0 Å². The van der Waals surface area contributed by atoms with Crippen LogP contribution in [0.3, 0.4) is 0 Å². The van der Waals surface area contributed by atoms with Gasteiger partial charge in [-0.2, -0.15) is 0 Å². The van der Waals surface area contributed by atoms with Crippen molar-refractivity contribution >= 4 is 11.6 Å². The lowest BCUT2D eigenvalue weighted by Gasteiger charge is -2.27. The summed E-state index contributed by atoms with van der Waals surface area (Å²) in [6.07, 6.45) is 0. The summed E-state index contributed by atoms with van der Waals surface area (Å²) < 4.78 is 5.35. The highest BCUT2D eigenvalue weighted by molar-refractivity contribution is 6.28. The summed E-state index contributed by atoms with van der Waals surface area (Å²) in [5, 5.41) is 0.428. The first-order chi connectivity index (χ1) is 5.95. The summed E-state index contributed by atoms with van der Waals surface area (Å²) in [7, 11) is 0. The van der Waals surface area contributed by atoms with Crippen molar-refractivity contribution < 1.29 is 4.42 Å². The van der Waals surface area contributed by atoms with Gasteiger partial charge in [0, 0.05) is 12.5 Å². The molecule has 0 radical (unpaired) electrons. The molecule has 1 aromatic rings. The van der Waals surface area contributed by atoms with Gasteiger partial charge in [-0.3, -0.25) is 0 Å². The molecule has 1 aromatic heterocycles. The highest BCUT2D eigenvalue weighted by Crippen LogP contribution is 2.35. The molecule has 0 saturated heterocycles. The third-order valence-corrected chi connectivity index (χ3v) is 2.42. The zero-order valence-electron chi connectivity index (χ0n) is 8.30. The lowest BCUT2D eigenvalue weighted by Crippen LogP contribution is -2.25. The molecule has 1 rings (SSSR count). The van der Waals surface area contributed by atoms with Gasteiger partial charge in [-0.15, -0.1) is 0 Å². The molecule has 0 bridgehead atoms. The summed E-state index contributed by atoms with van der Waals surface area (Å²) in [6.45, 7) is 7.00. The topological polar surface area (TPSA) is 39.2 Å². The maximum Gasteiger partial charge on any atom is 0.193 e. The molecule has 2 nitrogen and oxygen atoms in total. The first-order valence-corrected chi connectivity index (χ1v) is 4.78. The summed E-state index contributed by atoms with van der Waals surface area (Å²) in [5.74, 6) is 1.10. The van der Waals surface area contributed by atoms with Gasteiger partial charge in [0.25, 0.3) is 0 Å². The van der Waals surface area contributed by atoms with Crippen molar-refractivity contribution in [2.45, 2.75) is 26.7 Å². The van der Waals surface area contributed by atoms with Gasteiger partial charge in [0.2, 0.25) is 0 Å². The summed E-state index contributed by atoms with van der Waals surface area (Å²) in [4.78, 5) is 0. The monoisotopic (exact) mass is 201 g/mol. The number of hydrogen-bond donors (Lipinski definition) is 1. The number of nitrogens with two attached hydrogens (primary N) is 1. The number of halogens is 1. The zero-order valence-corrected chi connectivity index (χ0v) is 9.06. The Morgan fingerprint density at radius 1 is 1.46 bits per heavy atom. The molecular formula is C10H16ClNO. The summed E-state index contributed by atoms with van der Waals surface area (Å²) in [5.41, 5.74) is 5.80. The fraction of sp³-hybridized carbons (Fsp3) is 0.600. The van der Waals surface area contributed by atoms with Crippen molar-refractivity contribution in [1.29, 1.82) is 0 Å². The predicted octanol–water partition coefficient (Wildman–Crippen LogP) is 3.02. The van der Waals surface area contributed by atoms with E-state index in [-0.39, 0.29) is 11.3 Å². The van der Waals surface area contributed by atoms with Crippen LogP contribution in [0.1, 0.15) is 32.4 Å². The first kappa shape index (κ1) is 10.6. The zero-order chi connectivity index (χ0) is 10.1. The average Bonchev–Trinajstić information content (AvgIpc) is 2.34. The van der Waals surface area contributed by atoms with Gasteiger partial charge in [-0.05, 0) is 29.1 Å². The van der Waals surface area contributed by atoms with E-state index in [0.29, 0.717) is 11.8 Å². The Balaban J connectivity index is 2.91. The van der Waals surface area contributed by atoms with Gasteiger partial charge in [0.15, 0.2) is 5.22 Å². The minimum absolute atomic E-state index is 0.107. The van der Waals surface area contributed by atoms with Crippen LogP contribution in [-0.4, -0.2) is 6.54 Å². The van der Waals surface area contributed by atoms with Crippen LogP contribution < -0.4 is 5.73 Å². The van der Waals surface area contributed by atoms with Gasteiger partial charge in [-0.1, -0.05) is 20.8 Å². The van der Waals surface area contributed by atoms with E-state index in [4.69, 9.17) is 21.8 Å². The van der Waals surface area contributed by atoms with Crippen molar-refractivity contribution in [3.8, 4) is 0 Å². The maximum absolute atomic E-state index is 5.70. The van der Waals surface area contributed by atoms with Crippen LogP contribution >= 0.6 is 11.6 Å². The Kier molecular flexibility index (Phi) is 3.04. The van der Waals surface area contributed by atoms with Gasteiger partial charge in [0.1, 0.15) is 5.76 Å². The third-order valence-electron chi connectivity index (χ3n) is 2.22. The van der Waals surface area contributed by atoms with E-state index < -0.39 is 0 Å². The second-order valence-electron chi connectivity index (χ2n) is 4.30. The van der Waals surface area contributed by atoms with Gasteiger partial charge in [-0.25, -0.2) is 0 Å². The minimum atomic E-state index is 0.107. The van der Waals surface area contributed by atoms with Gasteiger partial charge < -0.3 is 10.2 Å². The summed E-state index contributed by atoms with van der Waals surface area (Å²) >= 11 is 5.70. The average molecular weight is 202 g/mol. The van der Waals surface area contributed by atoms with E-state index in [1.54, 1.807) is 6.07 Å². The van der Waals surface area contributed by atoms with Crippen LogP contribution in [0.15, 0.2) is 16.5 Å². The molecule has 1 heterocycles. The quantitative estimate of drug-likeness (QED) is 0.799. The van der Waals surface area contributed by atoms with Crippen LogP contribution in [-0.2, 0) is 0 Å². The van der Waals surface area contributed by atoms with Crippen LogP contribution in [0.2, 0.25) is 5.22 Å². The Morgan fingerprint density at radius 2 is 2.08 bits per heavy atom. The minimum Gasteiger partial charge on any atom is -0.449 e. The molecule has 3 heteroatoms. The predicted molar refractivity (Wildman–Crippen MR) is 55.0 cm³/mol. The first-order valence-electron chi connectivity index (χ1n) is 4.40. The number of hydrogen-bond acceptors (Lipinski definition) is 2. The van der Waals surface area contributed by atoms with Crippen molar-refractivity contribution in [3.63, 3.8) is 0 Å². The van der Waals surface area contributed by atoms with Crippen molar-refractivity contribution in [3.05, 3.63) is 23.1 Å². The van der Waals surface area contributed by atoms with E-state index in [1.165, 1.54) is 0 Å². The molecule has 0 amide bonds. The van der Waals surface area contributed by atoms with Crippen LogP contribution in [0.25, 0.3) is 0 Å². The van der Waals surface area contributed by atoms with Crippen molar-refractivity contribution in [2.24, 2.45) is 11.1 Å². The molecule has 0 aliphatic carbocycles. The number of rotatable bonds is 2. The molecule has 0 aliphatic heterocycles. The van der Waals surface area contributed by atoms with E-state index in [1.807, 2.05) is 6.07 Å². The molecule has 0 aromatic carbocycles. The van der Waals surface area contributed by atoms with Gasteiger partial charge >= 0.3 is 0 Å². The highest BCUT2D eigenvalue weighted by Gasteiger charge is 2.27. The normalized spacial score (nSPS) is 14.5. The maximum atomic E-state index is 5.70. The molecule has 1 unspecified atom stereocenters. The van der Waals surface area contributed by atoms with E-state index in [2.05, 4.69) is 20.8 Å². The van der Waals surface area contributed by atoms with Crippen molar-refractivity contribution in [1.82, 2.24) is 0 Å². The lowest BCUT2D eigenvalue weighted by molar-refractivity contribution is 0.285. The smallest absolute Gasteiger partial charge is 0.193 e. The molecule has 1 atom stereocenters. The van der Waals surface area contributed by atoms with Crippen LogP contribution in [0.4, 0.5) is 0 Å². The Hall–Kier alpha value is -0.470. The summed E-state index contributed by atoms with van der Waals surface area (Å²) in [6, 6.07) is 3.65. The van der Waals surface area contributed by atoms with Crippen LogP contribution in [0, 0.1) is 5.41 Å². The fourth-order valence-corrected chi connectivity index (χ4v) is 1.56. The lowest BCUT2D eigenvalue weighted by atomic mass is 9.79. The van der Waals surface area contributed by atoms with E-state index in [9.17, 15) is 0 Å². The standard InChI is InChI=1S/C10H16ClNO/c1-10(2,3)7(6-12)8-4-5-9(11)13-8/h4-5,7H,6,12H2,1-3H3. The second kappa shape index (κ2) is 3.72. The fourth-order valence-electron chi connectivity index (χ4n) is 1.41. The Bertz CT molecular complexity index is 275. The SMILES string of the molecule is CC(C)(C)C(CN)c1ccc(Cl)o1. The number of furan rings is 1. The molecular weight excluding hydrogens is 186 g/mol. The Labute approximate surface area is 84.1 Å². The molecule has 0 saturated carbocycles. The Morgan fingerprint density at radius 3 is 2.38 bits per heavy atom. The van der Waals surface area contributed by atoms with Crippen LogP contribution in [0.5, 0.6) is 0 Å².